The molecule has 2 aromatic carbocycles. The summed E-state index contributed by atoms with van der Waals surface area (Å²) in [7, 11) is 0. The van der Waals surface area contributed by atoms with Crippen molar-refractivity contribution >= 4 is 45.9 Å². The molecular formula is C44H48FN3O9. The lowest BCUT2D eigenvalue weighted by Gasteiger charge is -2.62. The molecule has 12 nitrogen and oxygen atoms in total. The van der Waals surface area contributed by atoms with Gasteiger partial charge in [-0.25, -0.2) is 4.39 Å². The standard InChI is InChI=1S/C44H48FN3O9/c1-41-16-13-32(49)20-30(41)8-10-35-34-14-17-43(55,42(34,2)21-36(50)44(35,41)45)37(51)25-57-39(53)12-11-38(52)56-24-26-3-5-27(6-4-26)33(22-46)40(54)48-31-9-7-29-23-47-18-15-28(29)19-31/h3-7,9,13,15-16,18-20,23,33-36,50,55H,8,10-12,14,17,21-22,24-25,46H2,1-2H3,(H,48,54)/t33-,34+,35+,36+,41+,42+,43+,44+/m1/s1. The SMILES string of the molecule is C[C@]12C=CC(=O)C=C1CC[C@H]1[C@@H]3CC[C@](O)(C(=O)COC(=O)CCC(=O)OCc4ccc([C@@H](CN)C(=O)Nc5ccc6cnccc6c5)cc4)[C@@]3(C)C[C@H](O)[C@@]12F. The molecule has 4 aliphatic carbocycles. The van der Waals surface area contributed by atoms with Crippen LogP contribution in [0.3, 0.4) is 0 Å². The molecule has 1 amide bonds. The van der Waals surface area contributed by atoms with Crippen LogP contribution < -0.4 is 11.1 Å². The minimum Gasteiger partial charge on any atom is -0.461 e. The predicted molar refractivity (Wildman–Crippen MR) is 207 cm³/mol. The lowest BCUT2D eigenvalue weighted by molar-refractivity contribution is -0.217. The fourth-order valence-electron chi connectivity index (χ4n) is 10.1. The second kappa shape index (κ2) is 15.3. The number of carbonyl (C=O) groups excluding carboxylic acids is 5. The Morgan fingerprint density at radius 1 is 1.00 bits per heavy atom. The molecule has 3 aromatic rings. The summed E-state index contributed by atoms with van der Waals surface area (Å²) in [6.07, 6.45) is 6.58. The number of rotatable bonds is 12. The first-order valence-corrected chi connectivity index (χ1v) is 19.4. The third kappa shape index (κ3) is 6.99. The third-order valence-electron chi connectivity index (χ3n) is 13.4. The summed E-state index contributed by atoms with van der Waals surface area (Å²) in [4.78, 5) is 67.9. The normalized spacial score (nSPS) is 30.7. The van der Waals surface area contributed by atoms with Crippen molar-refractivity contribution in [2.75, 3.05) is 18.5 Å². The number of hydrogen-bond acceptors (Lipinski definition) is 11. The van der Waals surface area contributed by atoms with Crippen LogP contribution in [0.15, 0.2) is 84.7 Å². The zero-order valence-electron chi connectivity index (χ0n) is 32.0. The molecule has 0 saturated heterocycles. The van der Waals surface area contributed by atoms with Crippen molar-refractivity contribution in [3.05, 3.63) is 95.9 Å². The molecule has 13 heteroatoms. The minimum absolute atomic E-state index is 0.0224. The summed E-state index contributed by atoms with van der Waals surface area (Å²) in [6, 6.07) is 14.3. The average molecular weight is 782 g/mol. The van der Waals surface area contributed by atoms with Gasteiger partial charge in [0.15, 0.2) is 18.1 Å². The number of ketones is 2. The lowest BCUT2D eigenvalue weighted by atomic mass is 9.44. The van der Waals surface area contributed by atoms with E-state index in [9.17, 15) is 34.2 Å². The highest BCUT2D eigenvalue weighted by Gasteiger charge is 2.74. The number of nitrogens with two attached hydrogens (primary N) is 1. The van der Waals surface area contributed by atoms with Gasteiger partial charge in [-0.1, -0.05) is 48.9 Å². The van der Waals surface area contributed by atoms with Gasteiger partial charge in [0, 0.05) is 46.8 Å². The van der Waals surface area contributed by atoms with E-state index in [0.29, 0.717) is 41.6 Å². The topological polar surface area (TPSA) is 195 Å². The molecule has 57 heavy (non-hydrogen) atoms. The number of nitrogens with zero attached hydrogens (tertiary/aromatic N) is 1. The number of Topliss-reactive ketones (excluding diaryl/α,β-unsaturated/α-hetero) is 1. The monoisotopic (exact) mass is 781 g/mol. The van der Waals surface area contributed by atoms with Crippen LogP contribution >= 0.6 is 0 Å². The number of carbonyl (C=O) groups is 5. The Hall–Kier alpha value is -5.11. The highest BCUT2D eigenvalue weighted by atomic mass is 19.1. The summed E-state index contributed by atoms with van der Waals surface area (Å²) in [6.45, 7) is 2.65. The van der Waals surface area contributed by atoms with Gasteiger partial charge in [0.05, 0.1) is 24.9 Å². The number of ether oxygens (including phenoxy) is 2. The molecule has 5 N–H and O–H groups in total. The van der Waals surface area contributed by atoms with Gasteiger partial charge in [-0.05, 0) is 91.8 Å². The Labute approximate surface area is 329 Å². The fraction of sp³-hybridized carbons (Fsp3) is 0.455. The number of halogens is 1. The number of nitrogens with one attached hydrogen (secondary N) is 1. The van der Waals surface area contributed by atoms with E-state index >= 15 is 4.39 Å². The van der Waals surface area contributed by atoms with Crippen LogP contribution in [0.25, 0.3) is 10.8 Å². The van der Waals surface area contributed by atoms with Gasteiger partial charge >= 0.3 is 11.9 Å². The predicted octanol–water partition coefficient (Wildman–Crippen LogP) is 4.95. The molecule has 0 aliphatic heterocycles. The minimum atomic E-state index is -2.10. The molecule has 3 saturated carbocycles. The number of fused-ring (bicyclic) bond motifs is 6. The number of amides is 1. The number of alkyl halides is 1. The summed E-state index contributed by atoms with van der Waals surface area (Å²) in [5.74, 6) is -4.45. The summed E-state index contributed by atoms with van der Waals surface area (Å²) in [5, 5.41) is 28.1. The van der Waals surface area contributed by atoms with Gasteiger partial charge in [0.2, 0.25) is 11.7 Å². The number of aliphatic hydroxyl groups excluding tert-OH is 1. The Kier molecular flexibility index (Phi) is 10.8. The van der Waals surface area contributed by atoms with Gasteiger partial charge in [-0.15, -0.1) is 0 Å². The zero-order valence-corrected chi connectivity index (χ0v) is 32.0. The highest BCUT2D eigenvalue weighted by Crippen LogP contribution is 2.69. The van der Waals surface area contributed by atoms with Crippen molar-refractivity contribution in [1.82, 2.24) is 4.98 Å². The van der Waals surface area contributed by atoms with Gasteiger partial charge in [0.1, 0.15) is 12.2 Å². The van der Waals surface area contributed by atoms with Crippen molar-refractivity contribution < 1.29 is 48.0 Å². The number of benzene rings is 2. The van der Waals surface area contributed by atoms with Gasteiger partial charge in [-0.3, -0.25) is 29.0 Å². The van der Waals surface area contributed by atoms with E-state index in [1.807, 2.05) is 18.2 Å². The Balaban J connectivity index is 0.875. The molecule has 1 aromatic heterocycles. The first-order valence-electron chi connectivity index (χ1n) is 19.4. The van der Waals surface area contributed by atoms with Crippen LogP contribution in [0, 0.1) is 22.7 Å². The van der Waals surface area contributed by atoms with Gasteiger partial charge in [-0.2, -0.15) is 0 Å². The van der Waals surface area contributed by atoms with Crippen LogP contribution in [0.4, 0.5) is 10.1 Å². The maximum Gasteiger partial charge on any atom is 0.306 e. The Morgan fingerprint density at radius 2 is 1.74 bits per heavy atom. The fourth-order valence-corrected chi connectivity index (χ4v) is 10.1. The molecule has 0 unspecified atom stereocenters. The van der Waals surface area contributed by atoms with Gasteiger partial charge < -0.3 is 30.7 Å². The maximum absolute atomic E-state index is 17.3. The molecule has 0 spiro atoms. The summed E-state index contributed by atoms with van der Waals surface area (Å²) < 4.78 is 27.8. The van der Waals surface area contributed by atoms with E-state index in [-0.39, 0.29) is 50.5 Å². The van der Waals surface area contributed by atoms with E-state index in [0.717, 1.165) is 10.8 Å². The molecule has 3 fully saturated rings. The molecule has 1 heterocycles. The number of aliphatic hydroxyl groups is 2. The molecule has 300 valence electrons. The van der Waals surface area contributed by atoms with Crippen LogP contribution in [-0.4, -0.2) is 75.1 Å². The van der Waals surface area contributed by atoms with Crippen molar-refractivity contribution in [3.63, 3.8) is 0 Å². The second-order valence-corrected chi connectivity index (χ2v) is 16.4. The zero-order chi connectivity index (χ0) is 40.8. The third-order valence-corrected chi connectivity index (χ3v) is 13.4. The molecule has 8 atom stereocenters. The second-order valence-electron chi connectivity index (χ2n) is 16.4. The highest BCUT2D eigenvalue weighted by molar-refractivity contribution is 6.01. The van der Waals surface area contributed by atoms with E-state index in [2.05, 4.69) is 10.3 Å². The van der Waals surface area contributed by atoms with Crippen molar-refractivity contribution in [3.8, 4) is 0 Å². The molecule has 0 radical (unpaired) electrons. The lowest BCUT2D eigenvalue weighted by Crippen LogP contribution is -2.69. The van der Waals surface area contributed by atoms with E-state index < -0.39 is 70.3 Å². The Bertz CT molecular complexity index is 2170. The first kappa shape index (κ1) is 40.1. The summed E-state index contributed by atoms with van der Waals surface area (Å²) in [5.41, 5.74) is 2.14. The van der Waals surface area contributed by atoms with Crippen LogP contribution in [-0.2, 0) is 40.1 Å². The number of allylic oxidation sites excluding steroid dienone is 4. The number of anilines is 1. The smallest absolute Gasteiger partial charge is 0.306 e. The van der Waals surface area contributed by atoms with E-state index in [4.69, 9.17) is 15.2 Å². The van der Waals surface area contributed by atoms with Crippen LogP contribution in [0.2, 0.25) is 0 Å². The van der Waals surface area contributed by atoms with Crippen LogP contribution in [0.1, 0.15) is 75.8 Å². The first-order chi connectivity index (χ1) is 27.1. The van der Waals surface area contributed by atoms with Crippen molar-refractivity contribution in [1.29, 1.82) is 0 Å². The van der Waals surface area contributed by atoms with Crippen molar-refractivity contribution in [2.45, 2.75) is 88.7 Å². The molecule has 0 bridgehead atoms. The number of pyridine rings is 1. The van der Waals surface area contributed by atoms with Crippen molar-refractivity contribution in [2.24, 2.45) is 28.4 Å². The molecule has 4 aliphatic rings. The Morgan fingerprint density at radius 3 is 2.47 bits per heavy atom. The largest absolute Gasteiger partial charge is 0.461 e. The van der Waals surface area contributed by atoms with Gasteiger partial charge in [0.25, 0.3) is 0 Å². The number of hydrogen-bond donors (Lipinski definition) is 4. The number of esters is 2. The average Bonchev–Trinajstić information content (AvgIpc) is 3.46. The van der Waals surface area contributed by atoms with Crippen LogP contribution in [0.5, 0.6) is 0 Å². The maximum atomic E-state index is 17.3. The number of aromatic nitrogens is 1. The summed E-state index contributed by atoms with van der Waals surface area (Å²) >= 11 is 0. The molecule has 7 rings (SSSR count). The quantitative estimate of drug-likeness (QED) is 0.182. The van der Waals surface area contributed by atoms with E-state index in [1.54, 1.807) is 62.6 Å². The van der Waals surface area contributed by atoms with E-state index in [1.165, 1.54) is 12.2 Å². The molecular weight excluding hydrogens is 733 g/mol.